The minimum absolute atomic E-state index is 0.0382. The molecule has 0 atom stereocenters. The van der Waals surface area contributed by atoms with Gasteiger partial charge in [0.1, 0.15) is 5.01 Å². The van der Waals surface area contributed by atoms with Gasteiger partial charge in [-0.25, -0.2) is 18.2 Å². The summed E-state index contributed by atoms with van der Waals surface area (Å²) in [6, 6.07) is 22.6. The summed E-state index contributed by atoms with van der Waals surface area (Å²) >= 11 is 1.41. The van der Waals surface area contributed by atoms with E-state index in [1.54, 1.807) is 0 Å². The first kappa shape index (κ1) is 30.9. The second-order valence-corrected chi connectivity index (χ2v) is 15.3. The third kappa shape index (κ3) is 7.34. The summed E-state index contributed by atoms with van der Waals surface area (Å²) in [7, 11) is -0.195. The summed E-state index contributed by atoms with van der Waals surface area (Å²) in [5.74, 6) is -0.419. The summed E-state index contributed by atoms with van der Waals surface area (Å²) in [5.41, 5.74) is 6.15. The van der Waals surface area contributed by atoms with Crippen LogP contribution in [0.3, 0.4) is 0 Å². The number of anilines is 1. The highest BCUT2D eigenvalue weighted by Gasteiger charge is 2.27. The molecule has 226 valence electrons. The first-order valence-corrected chi connectivity index (χ1v) is 16.9. The molecule has 0 amide bonds. The molecule has 1 saturated carbocycles. The number of carbonyl (C=O) groups is 1. The van der Waals surface area contributed by atoms with E-state index in [1.807, 2.05) is 17.5 Å². The van der Waals surface area contributed by atoms with Crippen LogP contribution in [-0.2, 0) is 23.1 Å². The Balaban J connectivity index is 1.18. The van der Waals surface area contributed by atoms with Crippen molar-refractivity contribution in [2.75, 3.05) is 19.0 Å². The van der Waals surface area contributed by atoms with Crippen LogP contribution < -0.4 is 4.90 Å². The third-order valence-corrected chi connectivity index (χ3v) is 11.2. The molecule has 9 heteroatoms. The Morgan fingerprint density at radius 1 is 0.930 bits per heavy atom. The SMILES string of the molecule is CN(Cc1ccc(C2CCC(C)(C)CC2)cc1)c1ccc(-c2csc(CN(C)S(=O)(=O)c3ccc(C(=O)O)cc3)n2)cc1. The number of hydrogen-bond acceptors (Lipinski definition) is 6. The van der Waals surface area contributed by atoms with E-state index in [0.29, 0.717) is 16.3 Å². The van der Waals surface area contributed by atoms with E-state index in [1.165, 1.54) is 83.8 Å². The second-order valence-electron chi connectivity index (χ2n) is 12.3. The molecule has 1 aromatic heterocycles. The molecule has 0 unspecified atom stereocenters. The molecule has 1 N–H and O–H groups in total. The number of aromatic nitrogens is 1. The average molecular weight is 618 g/mol. The van der Waals surface area contributed by atoms with Crippen LogP contribution in [0.5, 0.6) is 0 Å². The molecule has 0 radical (unpaired) electrons. The fourth-order valence-electron chi connectivity index (χ4n) is 5.62. The van der Waals surface area contributed by atoms with Gasteiger partial charge in [0.25, 0.3) is 0 Å². The molecular formula is C34H39N3O4S2. The van der Waals surface area contributed by atoms with Crippen molar-refractivity contribution in [3.05, 3.63) is 99.9 Å². The van der Waals surface area contributed by atoms with Crippen LogP contribution in [0.25, 0.3) is 11.3 Å². The molecule has 0 saturated heterocycles. The molecule has 0 aliphatic heterocycles. The molecule has 3 aromatic carbocycles. The highest BCUT2D eigenvalue weighted by atomic mass is 32.2. The van der Waals surface area contributed by atoms with Crippen LogP contribution in [0.15, 0.2) is 83.1 Å². The van der Waals surface area contributed by atoms with Crippen molar-refractivity contribution in [3.63, 3.8) is 0 Å². The Hall–Kier alpha value is -3.53. The largest absolute Gasteiger partial charge is 0.478 e. The summed E-state index contributed by atoms with van der Waals surface area (Å²) < 4.78 is 27.2. The van der Waals surface area contributed by atoms with Crippen LogP contribution in [0.4, 0.5) is 5.69 Å². The Morgan fingerprint density at radius 3 is 2.16 bits per heavy atom. The Kier molecular flexibility index (Phi) is 9.06. The number of aromatic carboxylic acids is 1. The minimum Gasteiger partial charge on any atom is -0.478 e. The molecule has 5 rings (SSSR count). The highest BCUT2D eigenvalue weighted by Crippen LogP contribution is 2.42. The molecule has 1 fully saturated rings. The number of rotatable bonds is 10. The van der Waals surface area contributed by atoms with Crippen LogP contribution in [0.2, 0.25) is 0 Å². The summed E-state index contributed by atoms with van der Waals surface area (Å²) in [5, 5.41) is 11.7. The first-order chi connectivity index (χ1) is 20.4. The number of sulfonamides is 1. The predicted molar refractivity (Wildman–Crippen MR) is 173 cm³/mol. The Morgan fingerprint density at radius 2 is 1.56 bits per heavy atom. The van der Waals surface area contributed by atoms with Crippen molar-refractivity contribution in [1.29, 1.82) is 0 Å². The Bertz CT molecular complexity index is 1650. The standard InChI is InChI=1S/C34H39N3O4S2/c1-34(2)19-17-26(18-20-34)25-7-5-24(6-8-25)21-36(3)29-13-9-27(10-14-29)31-23-42-32(35-31)22-37(4)43(40,41)30-15-11-28(12-16-30)33(38)39/h5-16,23,26H,17-22H2,1-4H3,(H,38,39). The zero-order chi connectivity index (χ0) is 30.8. The van der Waals surface area contributed by atoms with Crippen LogP contribution in [0, 0.1) is 5.41 Å². The van der Waals surface area contributed by atoms with E-state index in [-0.39, 0.29) is 17.0 Å². The van der Waals surface area contributed by atoms with E-state index in [9.17, 15) is 13.2 Å². The predicted octanol–water partition coefficient (Wildman–Crippen LogP) is 7.65. The van der Waals surface area contributed by atoms with Gasteiger partial charge in [-0.2, -0.15) is 4.31 Å². The van der Waals surface area contributed by atoms with Gasteiger partial charge in [0.05, 0.1) is 22.7 Å². The van der Waals surface area contributed by atoms with Crippen molar-refractivity contribution < 1.29 is 18.3 Å². The van der Waals surface area contributed by atoms with Gasteiger partial charge in [0.15, 0.2) is 0 Å². The van der Waals surface area contributed by atoms with Gasteiger partial charge >= 0.3 is 5.97 Å². The summed E-state index contributed by atoms with van der Waals surface area (Å²) in [6.07, 6.45) is 5.15. The van der Waals surface area contributed by atoms with E-state index in [2.05, 4.69) is 67.2 Å². The van der Waals surface area contributed by atoms with Crippen molar-refractivity contribution >= 4 is 33.0 Å². The molecule has 1 aliphatic rings. The van der Waals surface area contributed by atoms with Crippen molar-refractivity contribution in [3.8, 4) is 11.3 Å². The first-order valence-electron chi connectivity index (χ1n) is 14.6. The van der Waals surface area contributed by atoms with Crippen LogP contribution in [0.1, 0.15) is 71.9 Å². The normalized spacial score (nSPS) is 15.5. The van der Waals surface area contributed by atoms with E-state index in [4.69, 9.17) is 5.11 Å². The number of hydrogen-bond donors (Lipinski definition) is 1. The monoisotopic (exact) mass is 617 g/mol. The molecular weight excluding hydrogens is 579 g/mol. The van der Waals surface area contributed by atoms with Crippen molar-refractivity contribution in [2.45, 2.75) is 63.4 Å². The van der Waals surface area contributed by atoms with Gasteiger partial charge < -0.3 is 10.0 Å². The lowest BCUT2D eigenvalue weighted by Crippen LogP contribution is -2.26. The number of nitrogens with zero attached hydrogens (tertiary/aromatic N) is 3. The zero-order valence-corrected chi connectivity index (χ0v) is 26.8. The second kappa shape index (κ2) is 12.6. The zero-order valence-electron chi connectivity index (χ0n) is 25.2. The van der Waals surface area contributed by atoms with Gasteiger partial charge in [0, 0.05) is 37.3 Å². The highest BCUT2D eigenvalue weighted by molar-refractivity contribution is 7.89. The third-order valence-electron chi connectivity index (χ3n) is 8.53. The average Bonchev–Trinajstić information content (AvgIpc) is 3.46. The maximum Gasteiger partial charge on any atom is 0.335 e. The summed E-state index contributed by atoms with van der Waals surface area (Å²) in [4.78, 5) is 18.0. The number of carboxylic acids is 1. The van der Waals surface area contributed by atoms with Gasteiger partial charge in [-0.05, 0) is 84.5 Å². The quantitative estimate of drug-likeness (QED) is 0.197. The van der Waals surface area contributed by atoms with E-state index >= 15 is 0 Å². The lowest BCUT2D eigenvalue weighted by molar-refractivity contribution is 0.0696. The van der Waals surface area contributed by atoms with Gasteiger partial charge in [-0.1, -0.05) is 50.2 Å². The van der Waals surface area contributed by atoms with Gasteiger partial charge in [0.2, 0.25) is 10.0 Å². The molecule has 7 nitrogen and oxygen atoms in total. The van der Waals surface area contributed by atoms with Crippen molar-refractivity contribution in [2.24, 2.45) is 5.41 Å². The molecule has 0 bridgehead atoms. The fourth-order valence-corrected chi connectivity index (χ4v) is 7.69. The van der Waals surface area contributed by atoms with Gasteiger partial charge in [-0.15, -0.1) is 11.3 Å². The lowest BCUT2D eigenvalue weighted by atomic mass is 9.71. The number of thiazole rings is 1. The number of carboxylic acid groups (broad SMARTS) is 1. The molecule has 1 heterocycles. The van der Waals surface area contributed by atoms with E-state index < -0.39 is 16.0 Å². The fraction of sp³-hybridized carbons (Fsp3) is 0.353. The van der Waals surface area contributed by atoms with E-state index in [0.717, 1.165) is 23.5 Å². The van der Waals surface area contributed by atoms with Crippen molar-refractivity contribution in [1.82, 2.24) is 9.29 Å². The Labute approximate surface area is 258 Å². The maximum atomic E-state index is 13.0. The lowest BCUT2D eigenvalue weighted by Gasteiger charge is -2.34. The topological polar surface area (TPSA) is 90.8 Å². The number of benzene rings is 3. The van der Waals surface area contributed by atoms with Crippen LogP contribution in [-0.4, -0.2) is 42.9 Å². The summed E-state index contributed by atoms with van der Waals surface area (Å²) in [6.45, 7) is 5.70. The van der Waals surface area contributed by atoms with Crippen LogP contribution >= 0.6 is 11.3 Å². The minimum atomic E-state index is -3.79. The molecule has 43 heavy (non-hydrogen) atoms. The molecule has 4 aromatic rings. The molecule has 0 spiro atoms. The maximum absolute atomic E-state index is 13.0. The van der Waals surface area contributed by atoms with Gasteiger partial charge in [-0.3, -0.25) is 0 Å². The smallest absolute Gasteiger partial charge is 0.335 e. The molecule has 1 aliphatic carbocycles.